The molecule has 0 aromatic carbocycles. The fourth-order valence-corrected chi connectivity index (χ4v) is 1.47. The van der Waals surface area contributed by atoms with Crippen LogP contribution in [0.3, 0.4) is 0 Å². The standard InChI is InChI=1S/C9H18N4O2/c1-7(2)11-9(15)13-5-3-12(4-6-13)8(10)14/h7H,3-6H2,1-2H3,(H2,10,14)(H,11,15). The van der Waals surface area contributed by atoms with Crippen LogP contribution in [-0.4, -0.2) is 54.1 Å². The van der Waals surface area contributed by atoms with Crippen LogP contribution >= 0.6 is 0 Å². The molecule has 1 heterocycles. The Kier molecular flexibility index (Phi) is 3.76. The largest absolute Gasteiger partial charge is 0.351 e. The van der Waals surface area contributed by atoms with Crippen LogP contribution in [0.1, 0.15) is 13.8 Å². The third-order valence-corrected chi connectivity index (χ3v) is 2.29. The van der Waals surface area contributed by atoms with Crippen LogP contribution in [0.5, 0.6) is 0 Å². The minimum atomic E-state index is -0.418. The van der Waals surface area contributed by atoms with Crippen molar-refractivity contribution in [1.82, 2.24) is 15.1 Å². The van der Waals surface area contributed by atoms with E-state index in [9.17, 15) is 9.59 Å². The van der Waals surface area contributed by atoms with E-state index in [1.165, 1.54) is 0 Å². The average Bonchev–Trinajstić information content (AvgIpc) is 2.17. The first-order chi connectivity index (χ1) is 7.00. The molecule has 3 N–H and O–H groups in total. The predicted molar refractivity (Wildman–Crippen MR) is 56.4 cm³/mol. The van der Waals surface area contributed by atoms with Crippen LogP contribution in [0.25, 0.3) is 0 Å². The maximum atomic E-state index is 11.6. The number of rotatable bonds is 1. The van der Waals surface area contributed by atoms with Crippen LogP contribution in [0.15, 0.2) is 0 Å². The van der Waals surface area contributed by atoms with Gasteiger partial charge in [-0.3, -0.25) is 0 Å². The van der Waals surface area contributed by atoms with Gasteiger partial charge in [-0.25, -0.2) is 9.59 Å². The van der Waals surface area contributed by atoms with E-state index in [2.05, 4.69) is 5.32 Å². The summed E-state index contributed by atoms with van der Waals surface area (Å²) < 4.78 is 0. The quantitative estimate of drug-likeness (QED) is 0.634. The maximum Gasteiger partial charge on any atom is 0.317 e. The molecule has 0 bridgehead atoms. The first-order valence-electron chi connectivity index (χ1n) is 5.10. The zero-order valence-corrected chi connectivity index (χ0v) is 9.19. The first kappa shape index (κ1) is 11.6. The molecule has 1 fully saturated rings. The second-order valence-electron chi connectivity index (χ2n) is 3.92. The Morgan fingerprint density at radius 1 is 1.13 bits per heavy atom. The van der Waals surface area contributed by atoms with Crippen LogP contribution in [0, 0.1) is 0 Å². The molecule has 6 nitrogen and oxygen atoms in total. The number of carbonyl (C=O) groups is 2. The topological polar surface area (TPSA) is 78.7 Å². The number of nitrogens with one attached hydrogen (secondary N) is 1. The molecule has 0 saturated carbocycles. The molecule has 0 radical (unpaired) electrons. The number of piperazine rings is 1. The minimum absolute atomic E-state index is 0.0749. The Hall–Kier alpha value is -1.46. The number of primary amides is 1. The van der Waals surface area contributed by atoms with Crippen molar-refractivity contribution in [3.63, 3.8) is 0 Å². The third-order valence-electron chi connectivity index (χ3n) is 2.29. The summed E-state index contributed by atoms with van der Waals surface area (Å²) in [6.07, 6.45) is 0. The minimum Gasteiger partial charge on any atom is -0.351 e. The van der Waals surface area contributed by atoms with Crippen molar-refractivity contribution in [2.75, 3.05) is 26.2 Å². The van der Waals surface area contributed by atoms with Gasteiger partial charge in [0.15, 0.2) is 0 Å². The lowest BCUT2D eigenvalue weighted by Crippen LogP contribution is -2.55. The smallest absolute Gasteiger partial charge is 0.317 e. The number of amides is 4. The van der Waals surface area contributed by atoms with Crippen molar-refractivity contribution >= 4 is 12.1 Å². The fraction of sp³-hybridized carbons (Fsp3) is 0.778. The summed E-state index contributed by atoms with van der Waals surface area (Å²) in [4.78, 5) is 25.6. The number of hydrogen-bond acceptors (Lipinski definition) is 2. The van der Waals surface area contributed by atoms with Gasteiger partial charge in [0.25, 0.3) is 0 Å². The van der Waals surface area contributed by atoms with Crippen LogP contribution in [-0.2, 0) is 0 Å². The lowest BCUT2D eigenvalue weighted by atomic mass is 10.3. The van der Waals surface area contributed by atoms with Gasteiger partial charge in [0.05, 0.1) is 0 Å². The number of hydrogen-bond donors (Lipinski definition) is 2. The van der Waals surface area contributed by atoms with E-state index in [1.54, 1.807) is 9.80 Å². The van der Waals surface area contributed by atoms with Gasteiger partial charge >= 0.3 is 12.1 Å². The molecule has 0 unspecified atom stereocenters. The summed E-state index contributed by atoms with van der Waals surface area (Å²) in [5.74, 6) is 0. The molecule has 0 atom stereocenters. The van der Waals surface area contributed by atoms with Crippen molar-refractivity contribution in [3.8, 4) is 0 Å². The molecular weight excluding hydrogens is 196 g/mol. The SMILES string of the molecule is CC(C)NC(=O)N1CCN(C(N)=O)CC1. The third kappa shape index (κ3) is 3.30. The Labute approximate surface area is 89.4 Å². The second kappa shape index (κ2) is 4.86. The van der Waals surface area contributed by atoms with Crippen molar-refractivity contribution in [2.24, 2.45) is 5.73 Å². The van der Waals surface area contributed by atoms with E-state index in [4.69, 9.17) is 5.73 Å². The summed E-state index contributed by atoms with van der Waals surface area (Å²) in [7, 11) is 0. The van der Waals surface area contributed by atoms with Gasteiger partial charge in [-0.1, -0.05) is 0 Å². The number of nitrogens with zero attached hydrogens (tertiary/aromatic N) is 2. The summed E-state index contributed by atoms with van der Waals surface area (Å²) in [6.45, 7) is 5.94. The zero-order chi connectivity index (χ0) is 11.4. The molecule has 1 rings (SSSR count). The van der Waals surface area contributed by atoms with Crippen molar-refractivity contribution < 1.29 is 9.59 Å². The van der Waals surface area contributed by atoms with E-state index in [0.29, 0.717) is 26.2 Å². The highest BCUT2D eigenvalue weighted by atomic mass is 16.2. The zero-order valence-electron chi connectivity index (χ0n) is 9.19. The highest BCUT2D eigenvalue weighted by Gasteiger charge is 2.22. The van der Waals surface area contributed by atoms with E-state index in [-0.39, 0.29) is 12.1 Å². The molecule has 86 valence electrons. The van der Waals surface area contributed by atoms with E-state index in [1.807, 2.05) is 13.8 Å². The molecule has 0 aromatic rings. The lowest BCUT2D eigenvalue weighted by molar-refractivity contribution is 0.146. The molecule has 1 saturated heterocycles. The van der Waals surface area contributed by atoms with Crippen LogP contribution in [0.2, 0.25) is 0 Å². The first-order valence-corrected chi connectivity index (χ1v) is 5.10. The lowest BCUT2D eigenvalue weighted by Gasteiger charge is -2.34. The molecule has 15 heavy (non-hydrogen) atoms. The van der Waals surface area contributed by atoms with Gasteiger partial charge in [0.1, 0.15) is 0 Å². The van der Waals surface area contributed by atoms with Gasteiger partial charge in [-0.2, -0.15) is 0 Å². The van der Waals surface area contributed by atoms with E-state index in [0.717, 1.165) is 0 Å². The Morgan fingerprint density at radius 3 is 2.00 bits per heavy atom. The average molecular weight is 214 g/mol. The van der Waals surface area contributed by atoms with Crippen molar-refractivity contribution in [3.05, 3.63) is 0 Å². The molecule has 0 aromatic heterocycles. The molecule has 4 amide bonds. The second-order valence-corrected chi connectivity index (χ2v) is 3.92. The Bertz CT molecular complexity index is 246. The van der Waals surface area contributed by atoms with E-state index >= 15 is 0 Å². The van der Waals surface area contributed by atoms with Crippen LogP contribution in [0.4, 0.5) is 9.59 Å². The highest BCUT2D eigenvalue weighted by molar-refractivity contribution is 5.75. The monoisotopic (exact) mass is 214 g/mol. The summed E-state index contributed by atoms with van der Waals surface area (Å²) in [6, 6.07) is -0.361. The molecule has 1 aliphatic rings. The fourth-order valence-electron chi connectivity index (χ4n) is 1.47. The van der Waals surface area contributed by atoms with Crippen molar-refractivity contribution in [2.45, 2.75) is 19.9 Å². The number of nitrogens with two attached hydrogens (primary N) is 1. The summed E-state index contributed by atoms with van der Waals surface area (Å²) >= 11 is 0. The number of carbonyl (C=O) groups excluding carboxylic acids is 2. The highest BCUT2D eigenvalue weighted by Crippen LogP contribution is 2.01. The molecule has 1 aliphatic heterocycles. The maximum absolute atomic E-state index is 11.6. The van der Waals surface area contributed by atoms with Gasteiger partial charge in [-0.05, 0) is 13.8 Å². The van der Waals surface area contributed by atoms with Gasteiger partial charge in [-0.15, -0.1) is 0 Å². The molecular formula is C9H18N4O2. The van der Waals surface area contributed by atoms with Gasteiger partial charge in [0, 0.05) is 32.2 Å². The molecule has 0 spiro atoms. The summed E-state index contributed by atoms with van der Waals surface area (Å²) in [5, 5.41) is 2.81. The van der Waals surface area contributed by atoms with Crippen molar-refractivity contribution in [1.29, 1.82) is 0 Å². The Morgan fingerprint density at radius 2 is 1.60 bits per heavy atom. The number of urea groups is 2. The summed E-state index contributed by atoms with van der Waals surface area (Å²) in [5.41, 5.74) is 5.14. The van der Waals surface area contributed by atoms with Gasteiger partial charge < -0.3 is 20.9 Å². The predicted octanol–water partition coefficient (Wildman–Crippen LogP) is -0.199. The molecule has 6 heteroatoms. The molecule has 0 aliphatic carbocycles. The van der Waals surface area contributed by atoms with Crippen LogP contribution < -0.4 is 11.1 Å². The Balaban J connectivity index is 2.37. The van der Waals surface area contributed by atoms with Gasteiger partial charge in [0.2, 0.25) is 0 Å². The van der Waals surface area contributed by atoms with E-state index < -0.39 is 6.03 Å². The normalized spacial score (nSPS) is 16.7.